The maximum absolute atomic E-state index is 13.9. The molecule has 1 amide bonds. The predicted molar refractivity (Wildman–Crippen MR) is 82.8 cm³/mol. The van der Waals surface area contributed by atoms with Gasteiger partial charge in [-0.15, -0.1) is 0 Å². The Morgan fingerprint density at radius 3 is 2.96 bits per heavy atom. The van der Waals surface area contributed by atoms with E-state index in [4.69, 9.17) is 4.52 Å². The third-order valence-corrected chi connectivity index (χ3v) is 4.97. The highest BCUT2D eigenvalue weighted by atomic mass is 19.1. The maximum Gasteiger partial charge on any atom is 0.276 e. The van der Waals surface area contributed by atoms with E-state index in [0.29, 0.717) is 24.3 Å². The molecule has 0 saturated carbocycles. The first-order valence-corrected chi connectivity index (χ1v) is 8.25. The number of fused-ring (bicyclic) bond motifs is 1. The highest BCUT2D eigenvalue weighted by Gasteiger charge is 2.33. The number of halogens is 1. The fourth-order valence-corrected chi connectivity index (χ4v) is 3.71. The number of hydrogen-bond acceptors (Lipinski definition) is 3. The summed E-state index contributed by atoms with van der Waals surface area (Å²) in [6.45, 7) is 1.18. The van der Waals surface area contributed by atoms with Crippen molar-refractivity contribution >= 4 is 5.91 Å². The Bertz CT molecular complexity index is 740. The van der Waals surface area contributed by atoms with Crippen LogP contribution in [-0.2, 0) is 12.8 Å². The Kier molecular flexibility index (Phi) is 3.63. The maximum atomic E-state index is 13.9. The molecule has 0 N–H and O–H groups in total. The minimum Gasteiger partial charge on any atom is -0.360 e. The molecule has 1 fully saturated rings. The van der Waals surface area contributed by atoms with Crippen molar-refractivity contribution in [2.75, 3.05) is 13.1 Å². The molecule has 0 unspecified atom stereocenters. The zero-order valence-electron chi connectivity index (χ0n) is 12.9. The number of benzene rings is 1. The minimum absolute atomic E-state index is 0.0582. The van der Waals surface area contributed by atoms with Gasteiger partial charge in [-0.2, -0.15) is 0 Å². The minimum atomic E-state index is -0.189. The van der Waals surface area contributed by atoms with E-state index in [2.05, 4.69) is 5.16 Å². The predicted octanol–water partition coefficient (Wildman–Crippen LogP) is 3.32. The molecular formula is C18H19FN2O2. The SMILES string of the molecule is O=C(c1noc2c1CCCC2)N1CC[C@@H](c2ccccc2F)C1. The molecule has 1 aromatic heterocycles. The van der Waals surface area contributed by atoms with E-state index in [1.165, 1.54) is 6.07 Å². The number of likely N-dealkylation sites (tertiary alicyclic amines) is 1. The van der Waals surface area contributed by atoms with Crippen LogP contribution in [0.15, 0.2) is 28.8 Å². The molecule has 1 saturated heterocycles. The second kappa shape index (κ2) is 5.80. The van der Waals surface area contributed by atoms with Crippen LogP contribution in [0.5, 0.6) is 0 Å². The van der Waals surface area contributed by atoms with E-state index in [-0.39, 0.29) is 17.6 Å². The fourth-order valence-electron chi connectivity index (χ4n) is 3.71. The van der Waals surface area contributed by atoms with Crippen LogP contribution >= 0.6 is 0 Å². The largest absolute Gasteiger partial charge is 0.360 e. The first kappa shape index (κ1) is 14.4. The molecular weight excluding hydrogens is 295 g/mol. The van der Waals surface area contributed by atoms with E-state index in [1.54, 1.807) is 11.0 Å². The van der Waals surface area contributed by atoms with Gasteiger partial charge in [-0.3, -0.25) is 4.79 Å². The Labute approximate surface area is 134 Å². The van der Waals surface area contributed by atoms with Crippen LogP contribution in [0, 0.1) is 5.82 Å². The standard InChI is InChI=1S/C18H19FN2O2/c19-15-7-3-1-5-13(15)12-9-10-21(11-12)18(22)17-14-6-2-4-8-16(14)23-20-17/h1,3,5,7,12H,2,4,6,8-11H2/t12-/m1/s1. The quantitative estimate of drug-likeness (QED) is 0.854. The topological polar surface area (TPSA) is 46.3 Å². The summed E-state index contributed by atoms with van der Waals surface area (Å²) >= 11 is 0. The number of carbonyl (C=O) groups is 1. The molecule has 0 bridgehead atoms. The summed E-state index contributed by atoms with van der Waals surface area (Å²) in [5, 5.41) is 4.02. The molecule has 1 aliphatic carbocycles. The van der Waals surface area contributed by atoms with Crippen molar-refractivity contribution in [3.05, 3.63) is 52.7 Å². The molecule has 0 spiro atoms. The van der Waals surface area contributed by atoms with Crippen LogP contribution in [0.4, 0.5) is 4.39 Å². The molecule has 1 aromatic carbocycles. The van der Waals surface area contributed by atoms with Crippen molar-refractivity contribution in [3.63, 3.8) is 0 Å². The summed E-state index contributed by atoms with van der Waals surface area (Å²) in [6, 6.07) is 6.83. The number of hydrogen-bond donors (Lipinski definition) is 0. The summed E-state index contributed by atoms with van der Waals surface area (Å²) in [5.74, 6) is 0.661. The molecule has 120 valence electrons. The van der Waals surface area contributed by atoms with Crippen molar-refractivity contribution in [2.24, 2.45) is 0 Å². The van der Waals surface area contributed by atoms with Crippen LogP contribution < -0.4 is 0 Å². The number of rotatable bonds is 2. The van der Waals surface area contributed by atoms with Crippen LogP contribution in [0.25, 0.3) is 0 Å². The summed E-state index contributed by atoms with van der Waals surface area (Å²) in [6.07, 6.45) is 4.69. The summed E-state index contributed by atoms with van der Waals surface area (Å²) < 4.78 is 19.3. The lowest BCUT2D eigenvalue weighted by Gasteiger charge is -2.17. The van der Waals surface area contributed by atoms with Crippen molar-refractivity contribution in [3.8, 4) is 0 Å². The zero-order valence-corrected chi connectivity index (χ0v) is 12.9. The van der Waals surface area contributed by atoms with Crippen molar-refractivity contribution in [2.45, 2.75) is 38.0 Å². The summed E-state index contributed by atoms with van der Waals surface area (Å²) in [4.78, 5) is 14.5. The molecule has 1 atom stereocenters. The third-order valence-electron chi connectivity index (χ3n) is 4.97. The van der Waals surface area contributed by atoms with Crippen LogP contribution in [0.2, 0.25) is 0 Å². The Hall–Kier alpha value is -2.17. The first-order valence-electron chi connectivity index (χ1n) is 8.25. The van der Waals surface area contributed by atoms with E-state index >= 15 is 0 Å². The normalized spacial score (nSPS) is 20.6. The molecule has 2 heterocycles. The van der Waals surface area contributed by atoms with Crippen LogP contribution in [0.1, 0.15) is 52.6 Å². The van der Waals surface area contributed by atoms with E-state index in [1.807, 2.05) is 12.1 Å². The molecule has 4 nitrogen and oxygen atoms in total. The molecule has 23 heavy (non-hydrogen) atoms. The Balaban J connectivity index is 1.53. The van der Waals surface area contributed by atoms with E-state index in [0.717, 1.165) is 43.4 Å². The fraction of sp³-hybridized carbons (Fsp3) is 0.444. The van der Waals surface area contributed by atoms with Gasteiger partial charge in [-0.1, -0.05) is 23.4 Å². The van der Waals surface area contributed by atoms with Crippen molar-refractivity contribution in [1.29, 1.82) is 0 Å². The average Bonchev–Trinajstić information content (AvgIpc) is 3.22. The van der Waals surface area contributed by atoms with Gasteiger partial charge in [0.2, 0.25) is 0 Å². The van der Waals surface area contributed by atoms with Crippen LogP contribution in [-0.4, -0.2) is 29.1 Å². The van der Waals surface area contributed by atoms with Gasteiger partial charge in [0, 0.05) is 31.0 Å². The highest BCUT2D eigenvalue weighted by molar-refractivity contribution is 5.94. The van der Waals surface area contributed by atoms with Gasteiger partial charge in [-0.25, -0.2) is 4.39 Å². The number of carbonyl (C=O) groups excluding carboxylic acids is 1. The van der Waals surface area contributed by atoms with Gasteiger partial charge in [0.1, 0.15) is 11.6 Å². The second-order valence-corrected chi connectivity index (χ2v) is 6.40. The molecule has 1 aliphatic heterocycles. The second-order valence-electron chi connectivity index (χ2n) is 6.40. The Morgan fingerprint density at radius 1 is 1.26 bits per heavy atom. The van der Waals surface area contributed by atoms with Gasteiger partial charge < -0.3 is 9.42 Å². The van der Waals surface area contributed by atoms with Gasteiger partial charge in [-0.05, 0) is 37.3 Å². The van der Waals surface area contributed by atoms with Crippen LogP contribution in [0.3, 0.4) is 0 Å². The summed E-state index contributed by atoms with van der Waals surface area (Å²) in [7, 11) is 0. The zero-order chi connectivity index (χ0) is 15.8. The summed E-state index contributed by atoms with van der Waals surface area (Å²) in [5.41, 5.74) is 2.15. The van der Waals surface area contributed by atoms with Gasteiger partial charge >= 0.3 is 0 Å². The molecule has 4 rings (SSSR count). The van der Waals surface area contributed by atoms with Gasteiger partial charge in [0.05, 0.1) is 0 Å². The van der Waals surface area contributed by atoms with Gasteiger partial charge in [0.15, 0.2) is 5.69 Å². The lowest BCUT2D eigenvalue weighted by Crippen LogP contribution is -2.29. The smallest absolute Gasteiger partial charge is 0.276 e. The third kappa shape index (κ3) is 2.54. The monoisotopic (exact) mass is 314 g/mol. The number of aryl methyl sites for hydroxylation is 1. The molecule has 2 aliphatic rings. The van der Waals surface area contributed by atoms with E-state index < -0.39 is 0 Å². The number of aromatic nitrogens is 1. The lowest BCUT2D eigenvalue weighted by atomic mass is 9.96. The molecule has 0 radical (unpaired) electrons. The number of nitrogens with zero attached hydrogens (tertiary/aromatic N) is 2. The first-order chi connectivity index (χ1) is 11.2. The van der Waals surface area contributed by atoms with Crippen molar-refractivity contribution < 1.29 is 13.7 Å². The molecule has 5 heteroatoms. The van der Waals surface area contributed by atoms with E-state index in [9.17, 15) is 9.18 Å². The van der Waals surface area contributed by atoms with Gasteiger partial charge in [0.25, 0.3) is 5.91 Å². The highest BCUT2D eigenvalue weighted by Crippen LogP contribution is 2.31. The molecule has 2 aromatic rings. The van der Waals surface area contributed by atoms with Crippen molar-refractivity contribution in [1.82, 2.24) is 10.1 Å². The number of amides is 1. The lowest BCUT2D eigenvalue weighted by molar-refractivity contribution is 0.0779. The average molecular weight is 314 g/mol. The Morgan fingerprint density at radius 2 is 2.09 bits per heavy atom.